The lowest BCUT2D eigenvalue weighted by molar-refractivity contribution is -0.154. The van der Waals surface area contributed by atoms with Crippen molar-refractivity contribution in [2.75, 3.05) is 14.2 Å². The number of methoxy groups -OCH3 is 2. The summed E-state index contributed by atoms with van der Waals surface area (Å²) in [6, 6.07) is -1.28. The van der Waals surface area contributed by atoms with Crippen LogP contribution in [0.25, 0.3) is 0 Å². The van der Waals surface area contributed by atoms with Gasteiger partial charge in [-0.2, -0.15) is 0 Å². The molecule has 0 aliphatic carbocycles. The molecule has 10 nitrogen and oxygen atoms in total. The van der Waals surface area contributed by atoms with E-state index in [9.17, 15) is 24.0 Å². The summed E-state index contributed by atoms with van der Waals surface area (Å²) in [4.78, 5) is 57.8. The van der Waals surface area contributed by atoms with Crippen LogP contribution >= 0.6 is 0 Å². The molecule has 2 aliphatic rings. The van der Waals surface area contributed by atoms with Gasteiger partial charge < -0.3 is 19.5 Å². The minimum absolute atomic E-state index is 0.0633. The highest BCUT2D eigenvalue weighted by molar-refractivity contribution is 5.97. The molecule has 10 heteroatoms. The first-order valence-corrected chi connectivity index (χ1v) is 9.50. The van der Waals surface area contributed by atoms with Crippen LogP contribution in [-0.4, -0.2) is 66.7 Å². The van der Waals surface area contributed by atoms with Crippen molar-refractivity contribution in [2.24, 2.45) is 0 Å². The van der Waals surface area contributed by atoms with Gasteiger partial charge >= 0.3 is 18.0 Å². The molecular weight excluding hydrogens is 384 g/mol. The van der Waals surface area contributed by atoms with Gasteiger partial charge in [0.2, 0.25) is 11.8 Å². The zero-order chi connectivity index (χ0) is 22.2. The number of carbonyl (C=O) groups is 5. The molecule has 0 unspecified atom stereocenters. The average Bonchev–Trinajstić information content (AvgIpc) is 2.65. The third kappa shape index (κ3) is 7.71. The summed E-state index contributed by atoms with van der Waals surface area (Å²) >= 11 is 0. The van der Waals surface area contributed by atoms with Crippen LogP contribution in [-0.2, 0) is 33.4 Å². The van der Waals surface area contributed by atoms with E-state index in [1.54, 1.807) is 20.8 Å². The molecule has 2 rings (SSSR count). The van der Waals surface area contributed by atoms with Crippen molar-refractivity contribution in [2.45, 2.75) is 77.0 Å². The predicted molar refractivity (Wildman–Crippen MR) is 101 cm³/mol. The first-order valence-electron chi connectivity index (χ1n) is 9.50. The van der Waals surface area contributed by atoms with Gasteiger partial charge in [-0.05, 0) is 46.5 Å². The second-order valence-electron chi connectivity index (χ2n) is 7.71. The molecule has 3 amide bonds. The maximum absolute atomic E-state index is 11.9. The normalized spacial score (nSPS) is 21.9. The molecule has 0 saturated carbocycles. The highest BCUT2D eigenvalue weighted by atomic mass is 16.6. The van der Waals surface area contributed by atoms with Gasteiger partial charge in [0.25, 0.3) is 0 Å². The Bertz CT molecular complexity index is 641. The zero-order valence-corrected chi connectivity index (χ0v) is 17.6. The highest BCUT2D eigenvalue weighted by Crippen LogP contribution is 2.22. The first kappa shape index (κ1) is 24.4. The Balaban J connectivity index is 0.000000326. The summed E-state index contributed by atoms with van der Waals surface area (Å²) in [6.45, 7) is 5.10. The highest BCUT2D eigenvalue weighted by Gasteiger charge is 2.40. The lowest BCUT2D eigenvalue weighted by Gasteiger charge is -2.33. The van der Waals surface area contributed by atoms with Gasteiger partial charge in [-0.25, -0.2) is 19.3 Å². The number of piperidine rings is 2. The molecule has 0 bridgehead atoms. The third-order valence-corrected chi connectivity index (χ3v) is 4.23. The number of amides is 3. The summed E-state index contributed by atoms with van der Waals surface area (Å²) < 4.78 is 14.2. The standard InChI is InChI=1S/C12H19NO5.C7H11NO3/c1-12(2,3)18-11(16)13-8(10(15)17-4)6-5-7-9(13)14;1-11-7(10)5-3-2-4-6(9)8-5/h8H,5-7H2,1-4H3;5H,2-4H2,1H3,(H,8,9)/t8-;5-/m11/s1. The van der Waals surface area contributed by atoms with Crippen LogP contribution in [0.1, 0.15) is 59.3 Å². The smallest absolute Gasteiger partial charge is 0.417 e. The molecule has 2 atom stereocenters. The van der Waals surface area contributed by atoms with Gasteiger partial charge in [-0.1, -0.05) is 0 Å². The van der Waals surface area contributed by atoms with Gasteiger partial charge in [0.15, 0.2) is 0 Å². The fourth-order valence-corrected chi connectivity index (χ4v) is 2.89. The van der Waals surface area contributed by atoms with Gasteiger partial charge in [0, 0.05) is 12.8 Å². The Morgan fingerprint density at radius 2 is 1.55 bits per heavy atom. The summed E-state index contributed by atoms with van der Waals surface area (Å²) in [5.41, 5.74) is -0.713. The molecule has 2 fully saturated rings. The van der Waals surface area contributed by atoms with Crippen LogP contribution in [0, 0.1) is 0 Å². The molecule has 0 aromatic carbocycles. The fraction of sp³-hybridized carbons (Fsp3) is 0.737. The molecule has 2 heterocycles. The minimum Gasteiger partial charge on any atom is -0.467 e. The number of nitrogens with one attached hydrogen (secondary N) is 1. The van der Waals surface area contributed by atoms with E-state index in [0.717, 1.165) is 11.3 Å². The van der Waals surface area contributed by atoms with Crippen LogP contribution in [0.5, 0.6) is 0 Å². The molecule has 0 spiro atoms. The van der Waals surface area contributed by atoms with E-state index in [4.69, 9.17) is 4.74 Å². The van der Waals surface area contributed by atoms with Crippen molar-refractivity contribution in [3.63, 3.8) is 0 Å². The molecule has 2 saturated heterocycles. The summed E-state index contributed by atoms with van der Waals surface area (Å²) in [6.07, 6.45) is 2.42. The van der Waals surface area contributed by atoms with Crippen LogP contribution in [0.4, 0.5) is 4.79 Å². The number of carbonyl (C=O) groups excluding carboxylic acids is 5. The van der Waals surface area contributed by atoms with E-state index >= 15 is 0 Å². The number of rotatable bonds is 2. The number of hydrogen-bond donors (Lipinski definition) is 1. The topological polar surface area (TPSA) is 128 Å². The Morgan fingerprint density at radius 1 is 0.966 bits per heavy atom. The monoisotopic (exact) mass is 414 g/mol. The molecule has 2 aliphatic heterocycles. The van der Waals surface area contributed by atoms with Gasteiger partial charge in [-0.15, -0.1) is 0 Å². The Hall–Kier alpha value is -2.65. The molecule has 1 N–H and O–H groups in total. The van der Waals surface area contributed by atoms with Crippen molar-refractivity contribution in [3.05, 3.63) is 0 Å². The largest absolute Gasteiger partial charge is 0.467 e. The Morgan fingerprint density at radius 3 is 2.07 bits per heavy atom. The van der Waals surface area contributed by atoms with Crippen LogP contribution in [0.15, 0.2) is 0 Å². The van der Waals surface area contributed by atoms with Crippen molar-refractivity contribution in [1.82, 2.24) is 10.2 Å². The molecule has 0 radical (unpaired) electrons. The summed E-state index contributed by atoms with van der Waals surface area (Å²) in [5, 5.41) is 2.55. The lowest BCUT2D eigenvalue weighted by atomic mass is 10.0. The second-order valence-corrected chi connectivity index (χ2v) is 7.71. The maximum Gasteiger partial charge on any atom is 0.417 e. The van der Waals surface area contributed by atoms with E-state index in [0.29, 0.717) is 25.7 Å². The number of nitrogens with zero attached hydrogens (tertiary/aromatic N) is 1. The van der Waals surface area contributed by atoms with E-state index in [1.165, 1.54) is 14.2 Å². The Kier molecular flexibility index (Phi) is 9.06. The second kappa shape index (κ2) is 10.8. The summed E-state index contributed by atoms with van der Waals surface area (Å²) in [5.74, 6) is -1.40. The number of hydrogen-bond acceptors (Lipinski definition) is 8. The van der Waals surface area contributed by atoms with Crippen LogP contribution < -0.4 is 5.32 Å². The zero-order valence-electron chi connectivity index (χ0n) is 17.6. The molecule has 29 heavy (non-hydrogen) atoms. The van der Waals surface area contributed by atoms with Gasteiger partial charge in [0.1, 0.15) is 17.7 Å². The van der Waals surface area contributed by atoms with E-state index in [-0.39, 0.29) is 18.3 Å². The molecular formula is C19H30N2O8. The predicted octanol–water partition coefficient (Wildman–Crippen LogP) is 1.30. The van der Waals surface area contributed by atoms with Crippen LogP contribution in [0.2, 0.25) is 0 Å². The first-order chi connectivity index (χ1) is 13.5. The number of likely N-dealkylation sites (tertiary alicyclic amines) is 1. The molecule has 0 aromatic heterocycles. The number of ether oxygens (including phenoxy) is 3. The van der Waals surface area contributed by atoms with Crippen LogP contribution in [0.3, 0.4) is 0 Å². The van der Waals surface area contributed by atoms with Gasteiger partial charge in [-0.3, -0.25) is 9.59 Å². The molecule has 164 valence electrons. The lowest BCUT2D eigenvalue weighted by Crippen LogP contribution is -2.52. The van der Waals surface area contributed by atoms with E-state index in [1.807, 2.05) is 0 Å². The Labute approximate surface area is 170 Å². The number of imide groups is 1. The van der Waals surface area contributed by atoms with Crippen molar-refractivity contribution >= 4 is 29.8 Å². The van der Waals surface area contributed by atoms with Crippen molar-refractivity contribution < 1.29 is 38.2 Å². The summed E-state index contributed by atoms with van der Waals surface area (Å²) in [7, 11) is 2.55. The van der Waals surface area contributed by atoms with Crippen molar-refractivity contribution in [1.29, 1.82) is 0 Å². The van der Waals surface area contributed by atoms with E-state index in [2.05, 4.69) is 14.8 Å². The maximum atomic E-state index is 11.9. The van der Waals surface area contributed by atoms with Crippen molar-refractivity contribution in [3.8, 4) is 0 Å². The molecule has 0 aromatic rings. The minimum atomic E-state index is -0.869. The SMILES string of the molecule is COC(=O)[C@H]1CCCC(=O)N1.COC(=O)[C@H]1CCCC(=O)N1C(=O)OC(C)(C)C. The van der Waals surface area contributed by atoms with E-state index < -0.39 is 35.7 Å². The number of esters is 2. The quantitative estimate of drug-likeness (QED) is 0.529. The fourth-order valence-electron chi connectivity index (χ4n) is 2.89. The average molecular weight is 414 g/mol. The van der Waals surface area contributed by atoms with Gasteiger partial charge in [0.05, 0.1) is 14.2 Å². The third-order valence-electron chi connectivity index (χ3n) is 4.23.